The maximum atomic E-state index is 11.3. The van der Waals surface area contributed by atoms with Gasteiger partial charge in [-0.2, -0.15) is 0 Å². The Kier molecular flexibility index (Phi) is 3.04. The average molecular weight is 264 g/mol. The van der Waals surface area contributed by atoms with Crippen molar-refractivity contribution in [3.63, 3.8) is 0 Å². The first-order valence-electron chi connectivity index (χ1n) is 6.21. The molecule has 0 bridgehead atoms. The Hall–Kier alpha value is -1.98. The lowest BCUT2D eigenvalue weighted by Crippen LogP contribution is -2.25. The molecular formula is C13H16N2O4. The number of hydrogen-bond donors (Lipinski definition) is 0. The smallest absolute Gasteiger partial charge is 0.258 e. The van der Waals surface area contributed by atoms with Crippen LogP contribution in [0.15, 0.2) is 6.07 Å². The highest BCUT2D eigenvalue weighted by atomic mass is 16.6. The molecule has 6 heteroatoms. The molecule has 0 heterocycles. The maximum Gasteiger partial charge on any atom is 0.282 e. The molecule has 102 valence electrons. The molecule has 2 rings (SSSR count). The van der Waals surface area contributed by atoms with Crippen molar-refractivity contribution in [2.24, 2.45) is 0 Å². The molecule has 0 aromatic heterocycles. The number of fused-ring (bicyclic) bond motifs is 1. The standard InChI is InChI=1S/C13H16N2O4/c1-8-11(14(16)17)7-10-9(12(8)15(18)19)5-4-6-13(10,2)3/h7H,4-6H2,1-3H3. The summed E-state index contributed by atoms with van der Waals surface area (Å²) in [5, 5.41) is 22.3. The first-order chi connectivity index (χ1) is 8.75. The van der Waals surface area contributed by atoms with E-state index in [-0.39, 0.29) is 22.4 Å². The van der Waals surface area contributed by atoms with Gasteiger partial charge in [-0.3, -0.25) is 20.2 Å². The van der Waals surface area contributed by atoms with Crippen LogP contribution in [0.5, 0.6) is 0 Å². The van der Waals surface area contributed by atoms with Gasteiger partial charge in [0, 0.05) is 11.6 Å². The highest BCUT2D eigenvalue weighted by Crippen LogP contribution is 2.44. The van der Waals surface area contributed by atoms with Crippen LogP contribution in [-0.4, -0.2) is 9.85 Å². The second-order valence-electron chi connectivity index (χ2n) is 5.65. The lowest BCUT2D eigenvalue weighted by molar-refractivity contribution is -0.395. The van der Waals surface area contributed by atoms with Crippen molar-refractivity contribution >= 4 is 11.4 Å². The van der Waals surface area contributed by atoms with Crippen molar-refractivity contribution in [3.05, 3.63) is 43.0 Å². The highest BCUT2D eigenvalue weighted by Gasteiger charge is 2.37. The minimum absolute atomic E-state index is 0.0722. The van der Waals surface area contributed by atoms with Crippen LogP contribution in [0.2, 0.25) is 0 Å². The van der Waals surface area contributed by atoms with E-state index in [1.807, 2.05) is 13.8 Å². The summed E-state index contributed by atoms with van der Waals surface area (Å²) in [7, 11) is 0. The summed E-state index contributed by atoms with van der Waals surface area (Å²) < 4.78 is 0. The predicted octanol–water partition coefficient (Wildman–Crippen LogP) is 3.43. The number of nitro groups is 2. The minimum atomic E-state index is -0.534. The molecule has 1 aromatic carbocycles. The van der Waals surface area contributed by atoms with Gasteiger partial charge in [-0.25, -0.2) is 0 Å². The third-order valence-corrected chi connectivity index (χ3v) is 3.97. The van der Waals surface area contributed by atoms with Crippen molar-refractivity contribution in [3.8, 4) is 0 Å². The van der Waals surface area contributed by atoms with Gasteiger partial charge in [0.25, 0.3) is 11.4 Å². The molecule has 0 amide bonds. The van der Waals surface area contributed by atoms with Gasteiger partial charge in [0.2, 0.25) is 0 Å². The first kappa shape index (κ1) is 13.5. The molecule has 1 aromatic rings. The first-order valence-corrected chi connectivity index (χ1v) is 6.21. The molecule has 0 unspecified atom stereocenters. The van der Waals surface area contributed by atoms with Crippen molar-refractivity contribution in [1.82, 2.24) is 0 Å². The summed E-state index contributed by atoms with van der Waals surface area (Å²) in [6, 6.07) is 1.52. The van der Waals surface area contributed by atoms with Crippen LogP contribution < -0.4 is 0 Å². The van der Waals surface area contributed by atoms with E-state index in [1.54, 1.807) is 0 Å². The molecule has 0 radical (unpaired) electrons. The van der Waals surface area contributed by atoms with Crippen LogP contribution in [0, 0.1) is 27.2 Å². The molecule has 0 fully saturated rings. The van der Waals surface area contributed by atoms with Crippen LogP contribution in [0.25, 0.3) is 0 Å². The number of rotatable bonds is 2. The highest BCUT2D eigenvalue weighted by molar-refractivity contribution is 5.63. The normalized spacial score (nSPS) is 16.8. The van der Waals surface area contributed by atoms with Gasteiger partial charge in [-0.15, -0.1) is 0 Å². The molecule has 0 aliphatic heterocycles. The van der Waals surface area contributed by atoms with E-state index >= 15 is 0 Å². The molecule has 0 saturated carbocycles. The van der Waals surface area contributed by atoms with E-state index in [9.17, 15) is 20.2 Å². The molecule has 0 N–H and O–H groups in total. The number of nitro benzene ring substituents is 2. The third kappa shape index (κ3) is 2.07. The molecule has 1 aliphatic carbocycles. The zero-order valence-electron chi connectivity index (χ0n) is 11.2. The molecule has 0 spiro atoms. The van der Waals surface area contributed by atoms with Crippen LogP contribution >= 0.6 is 0 Å². The van der Waals surface area contributed by atoms with Crippen LogP contribution in [-0.2, 0) is 11.8 Å². The average Bonchev–Trinajstić information content (AvgIpc) is 2.26. The summed E-state index contributed by atoms with van der Waals surface area (Å²) in [5.74, 6) is 0. The summed E-state index contributed by atoms with van der Waals surface area (Å²) in [4.78, 5) is 21.3. The van der Waals surface area contributed by atoms with E-state index in [2.05, 4.69) is 0 Å². The third-order valence-electron chi connectivity index (χ3n) is 3.97. The maximum absolute atomic E-state index is 11.3. The van der Waals surface area contributed by atoms with Crippen molar-refractivity contribution in [1.29, 1.82) is 0 Å². The SMILES string of the molecule is Cc1c([N+](=O)[O-])cc2c(c1[N+](=O)[O-])CCCC2(C)C. The fourth-order valence-corrected chi connectivity index (χ4v) is 2.94. The Morgan fingerprint density at radius 2 is 1.84 bits per heavy atom. The zero-order chi connectivity index (χ0) is 14.4. The Morgan fingerprint density at radius 3 is 2.37 bits per heavy atom. The van der Waals surface area contributed by atoms with E-state index in [0.29, 0.717) is 12.0 Å². The molecule has 6 nitrogen and oxygen atoms in total. The van der Waals surface area contributed by atoms with Gasteiger partial charge >= 0.3 is 0 Å². The lowest BCUT2D eigenvalue weighted by Gasteiger charge is -2.32. The van der Waals surface area contributed by atoms with E-state index in [1.165, 1.54) is 13.0 Å². The van der Waals surface area contributed by atoms with E-state index in [0.717, 1.165) is 18.4 Å². The summed E-state index contributed by atoms with van der Waals surface area (Å²) in [6.45, 7) is 5.42. The second kappa shape index (κ2) is 4.29. The van der Waals surface area contributed by atoms with Crippen LogP contribution in [0.3, 0.4) is 0 Å². The van der Waals surface area contributed by atoms with Gasteiger partial charge in [-0.1, -0.05) is 13.8 Å². The minimum Gasteiger partial charge on any atom is -0.258 e. The van der Waals surface area contributed by atoms with Gasteiger partial charge in [0.15, 0.2) is 0 Å². The molecular weight excluding hydrogens is 248 g/mol. The van der Waals surface area contributed by atoms with Gasteiger partial charge in [0.05, 0.1) is 9.85 Å². The summed E-state index contributed by atoms with van der Waals surface area (Å²) >= 11 is 0. The van der Waals surface area contributed by atoms with Crippen molar-refractivity contribution in [2.45, 2.75) is 45.4 Å². The Morgan fingerprint density at radius 1 is 1.21 bits per heavy atom. The Bertz CT molecular complexity index is 578. The topological polar surface area (TPSA) is 86.3 Å². The van der Waals surface area contributed by atoms with Crippen molar-refractivity contribution in [2.75, 3.05) is 0 Å². The molecule has 1 aliphatic rings. The Labute approximate surface area is 110 Å². The molecule has 0 atom stereocenters. The number of benzene rings is 1. The predicted molar refractivity (Wildman–Crippen MR) is 70.5 cm³/mol. The molecule has 0 saturated heterocycles. The van der Waals surface area contributed by atoms with Crippen molar-refractivity contribution < 1.29 is 9.85 Å². The van der Waals surface area contributed by atoms with E-state index < -0.39 is 9.85 Å². The number of hydrogen-bond acceptors (Lipinski definition) is 4. The van der Waals surface area contributed by atoms with Crippen LogP contribution in [0.1, 0.15) is 43.4 Å². The quantitative estimate of drug-likeness (QED) is 0.604. The Balaban J connectivity index is 2.84. The summed E-state index contributed by atoms with van der Waals surface area (Å²) in [6.07, 6.45) is 2.38. The summed E-state index contributed by atoms with van der Waals surface area (Å²) in [5.41, 5.74) is 1.10. The van der Waals surface area contributed by atoms with Gasteiger partial charge in [-0.05, 0) is 37.2 Å². The lowest BCUT2D eigenvalue weighted by atomic mass is 9.71. The largest absolute Gasteiger partial charge is 0.282 e. The zero-order valence-corrected chi connectivity index (χ0v) is 11.2. The van der Waals surface area contributed by atoms with Crippen LogP contribution in [0.4, 0.5) is 11.4 Å². The fraction of sp³-hybridized carbons (Fsp3) is 0.538. The molecule has 19 heavy (non-hydrogen) atoms. The number of nitrogens with zero attached hydrogens (tertiary/aromatic N) is 2. The van der Waals surface area contributed by atoms with Gasteiger partial charge < -0.3 is 0 Å². The van der Waals surface area contributed by atoms with E-state index in [4.69, 9.17) is 0 Å². The monoisotopic (exact) mass is 264 g/mol. The second-order valence-corrected chi connectivity index (χ2v) is 5.65. The fourth-order valence-electron chi connectivity index (χ4n) is 2.94. The van der Waals surface area contributed by atoms with Gasteiger partial charge in [0.1, 0.15) is 5.56 Å².